The van der Waals surface area contributed by atoms with Crippen LogP contribution in [-0.4, -0.2) is 12.3 Å². The molecule has 0 fully saturated rings. The predicted molar refractivity (Wildman–Crippen MR) is 41.3 cm³/mol. The SMILES string of the molecule is CCCC(=O)CCCNN. The molecule has 0 aromatic rings. The first-order chi connectivity index (χ1) is 4.81. The van der Waals surface area contributed by atoms with E-state index in [4.69, 9.17) is 5.84 Å². The standard InChI is InChI=1S/C7H16N2O/c1-2-4-7(10)5-3-6-9-8/h9H,2-6,8H2,1H3. The molecule has 0 aliphatic heterocycles. The molecular weight excluding hydrogens is 128 g/mol. The van der Waals surface area contributed by atoms with Crippen molar-refractivity contribution >= 4 is 5.78 Å². The Hall–Kier alpha value is -0.410. The molecule has 0 radical (unpaired) electrons. The van der Waals surface area contributed by atoms with E-state index in [0.717, 1.165) is 19.4 Å². The lowest BCUT2D eigenvalue weighted by Crippen LogP contribution is -2.23. The molecular formula is C7H16N2O. The Labute approximate surface area is 62.0 Å². The third-order valence-corrected chi connectivity index (χ3v) is 1.31. The van der Waals surface area contributed by atoms with Crippen LogP contribution in [0.1, 0.15) is 32.6 Å². The van der Waals surface area contributed by atoms with Gasteiger partial charge in [-0.05, 0) is 12.8 Å². The minimum absolute atomic E-state index is 0.345. The highest BCUT2D eigenvalue weighted by atomic mass is 16.1. The molecule has 0 bridgehead atoms. The molecule has 10 heavy (non-hydrogen) atoms. The summed E-state index contributed by atoms with van der Waals surface area (Å²) >= 11 is 0. The van der Waals surface area contributed by atoms with Gasteiger partial charge in [0, 0.05) is 19.4 Å². The van der Waals surface area contributed by atoms with Crippen molar-refractivity contribution in [3.63, 3.8) is 0 Å². The van der Waals surface area contributed by atoms with E-state index in [1.807, 2.05) is 6.92 Å². The van der Waals surface area contributed by atoms with Gasteiger partial charge in [0.05, 0.1) is 0 Å². The largest absolute Gasteiger partial charge is 0.300 e. The van der Waals surface area contributed by atoms with E-state index in [-0.39, 0.29) is 0 Å². The summed E-state index contributed by atoms with van der Waals surface area (Å²) < 4.78 is 0. The molecule has 0 aromatic heterocycles. The highest BCUT2D eigenvalue weighted by Gasteiger charge is 1.97. The van der Waals surface area contributed by atoms with Gasteiger partial charge in [0.2, 0.25) is 0 Å². The first-order valence-electron chi connectivity index (χ1n) is 3.76. The monoisotopic (exact) mass is 144 g/mol. The Morgan fingerprint density at radius 2 is 2.20 bits per heavy atom. The van der Waals surface area contributed by atoms with Crippen LogP contribution in [0.3, 0.4) is 0 Å². The van der Waals surface area contributed by atoms with Crippen LogP contribution >= 0.6 is 0 Å². The van der Waals surface area contributed by atoms with Crippen LogP contribution in [0.2, 0.25) is 0 Å². The van der Waals surface area contributed by atoms with Crippen LogP contribution in [0, 0.1) is 0 Å². The van der Waals surface area contributed by atoms with Gasteiger partial charge in [-0.3, -0.25) is 16.1 Å². The second kappa shape index (κ2) is 6.71. The van der Waals surface area contributed by atoms with Crippen LogP contribution in [0.4, 0.5) is 0 Å². The maximum absolute atomic E-state index is 10.8. The molecule has 60 valence electrons. The normalized spacial score (nSPS) is 9.80. The summed E-state index contributed by atoms with van der Waals surface area (Å²) in [6.45, 7) is 2.74. The summed E-state index contributed by atoms with van der Waals surface area (Å²) in [6.07, 6.45) is 3.19. The fourth-order valence-corrected chi connectivity index (χ4v) is 0.791. The molecule has 0 heterocycles. The zero-order chi connectivity index (χ0) is 7.82. The lowest BCUT2D eigenvalue weighted by Gasteiger charge is -1.97. The Morgan fingerprint density at radius 3 is 2.70 bits per heavy atom. The molecule has 0 rings (SSSR count). The fraction of sp³-hybridized carbons (Fsp3) is 0.857. The van der Waals surface area contributed by atoms with Crippen molar-refractivity contribution in [3.8, 4) is 0 Å². The molecule has 0 aliphatic rings. The Kier molecular flexibility index (Phi) is 6.43. The quantitative estimate of drug-likeness (QED) is 0.326. The second-order valence-electron chi connectivity index (χ2n) is 2.35. The highest BCUT2D eigenvalue weighted by Crippen LogP contribution is 1.96. The van der Waals surface area contributed by atoms with Gasteiger partial charge >= 0.3 is 0 Å². The van der Waals surface area contributed by atoms with Crippen molar-refractivity contribution in [2.24, 2.45) is 5.84 Å². The van der Waals surface area contributed by atoms with Crippen molar-refractivity contribution in [2.75, 3.05) is 6.54 Å². The number of carbonyl (C=O) groups is 1. The second-order valence-corrected chi connectivity index (χ2v) is 2.35. The average Bonchev–Trinajstić information content (AvgIpc) is 1.89. The maximum atomic E-state index is 10.8. The number of hydrogen-bond acceptors (Lipinski definition) is 3. The molecule has 0 atom stereocenters. The van der Waals surface area contributed by atoms with Gasteiger partial charge in [0.15, 0.2) is 0 Å². The summed E-state index contributed by atoms with van der Waals surface area (Å²) in [6, 6.07) is 0. The zero-order valence-electron chi connectivity index (χ0n) is 6.52. The van der Waals surface area contributed by atoms with Crippen molar-refractivity contribution < 1.29 is 4.79 Å². The van der Waals surface area contributed by atoms with Gasteiger partial charge in [-0.15, -0.1) is 0 Å². The molecule has 0 amide bonds. The Bertz CT molecular complexity index is 93.6. The zero-order valence-corrected chi connectivity index (χ0v) is 6.52. The van der Waals surface area contributed by atoms with E-state index >= 15 is 0 Å². The van der Waals surface area contributed by atoms with Crippen molar-refractivity contribution in [1.29, 1.82) is 0 Å². The fourth-order valence-electron chi connectivity index (χ4n) is 0.791. The molecule has 0 saturated carbocycles. The van der Waals surface area contributed by atoms with Gasteiger partial charge in [-0.2, -0.15) is 0 Å². The van der Waals surface area contributed by atoms with Crippen LogP contribution in [0.5, 0.6) is 0 Å². The average molecular weight is 144 g/mol. The Morgan fingerprint density at radius 1 is 1.50 bits per heavy atom. The van der Waals surface area contributed by atoms with Crippen LogP contribution in [-0.2, 0) is 4.79 Å². The van der Waals surface area contributed by atoms with E-state index < -0.39 is 0 Å². The third-order valence-electron chi connectivity index (χ3n) is 1.31. The van der Waals surface area contributed by atoms with E-state index in [1.54, 1.807) is 0 Å². The van der Waals surface area contributed by atoms with Gasteiger partial charge in [0.25, 0.3) is 0 Å². The van der Waals surface area contributed by atoms with E-state index in [9.17, 15) is 4.79 Å². The smallest absolute Gasteiger partial charge is 0.132 e. The van der Waals surface area contributed by atoms with Crippen molar-refractivity contribution in [1.82, 2.24) is 5.43 Å². The summed E-state index contributed by atoms with van der Waals surface area (Å²) in [5, 5.41) is 0. The van der Waals surface area contributed by atoms with E-state index in [1.165, 1.54) is 0 Å². The molecule has 0 spiro atoms. The number of rotatable bonds is 6. The summed E-state index contributed by atoms with van der Waals surface area (Å²) in [5.74, 6) is 5.37. The number of hydrogen-bond donors (Lipinski definition) is 2. The van der Waals surface area contributed by atoms with Crippen LogP contribution < -0.4 is 11.3 Å². The number of carbonyl (C=O) groups excluding carboxylic acids is 1. The number of Topliss-reactive ketones (excluding diaryl/α,β-unsaturated/α-hetero) is 1. The maximum Gasteiger partial charge on any atom is 0.132 e. The van der Waals surface area contributed by atoms with Crippen LogP contribution in [0.15, 0.2) is 0 Å². The first-order valence-corrected chi connectivity index (χ1v) is 3.76. The van der Waals surface area contributed by atoms with Crippen LogP contribution in [0.25, 0.3) is 0 Å². The summed E-state index contributed by atoms with van der Waals surface area (Å²) in [7, 11) is 0. The third kappa shape index (κ3) is 5.72. The molecule has 0 aliphatic carbocycles. The Balaban J connectivity index is 3.05. The molecule has 0 aromatic carbocycles. The van der Waals surface area contributed by atoms with Crippen molar-refractivity contribution in [3.05, 3.63) is 0 Å². The minimum Gasteiger partial charge on any atom is -0.300 e. The van der Waals surface area contributed by atoms with Gasteiger partial charge in [0.1, 0.15) is 5.78 Å². The van der Waals surface area contributed by atoms with Gasteiger partial charge in [-0.1, -0.05) is 6.92 Å². The lowest BCUT2D eigenvalue weighted by atomic mass is 10.1. The molecule has 3 nitrogen and oxygen atoms in total. The molecule has 3 N–H and O–H groups in total. The summed E-state index contributed by atoms with van der Waals surface area (Å²) in [4.78, 5) is 10.8. The number of nitrogens with two attached hydrogens (primary N) is 1. The number of nitrogens with one attached hydrogen (secondary N) is 1. The van der Waals surface area contributed by atoms with Crippen molar-refractivity contribution in [2.45, 2.75) is 32.6 Å². The summed E-state index contributed by atoms with van der Waals surface area (Å²) in [5.41, 5.74) is 2.51. The molecule has 0 saturated heterocycles. The molecule has 3 heteroatoms. The predicted octanol–water partition coefficient (Wildman–Crippen LogP) is 0.599. The molecule has 0 unspecified atom stereocenters. The topological polar surface area (TPSA) is 55.1 Å². The van der Waals surface area contributed by atoms with Gasteiger partial charge < -0.3 is 0 Å². The minimum atomic E-state index is 0.345. The van der Waals surface area contributed by atoms with E-state index in [2.05, 4.69) is 5.43 Å². The first kappa shape index (κ1) is 9.59. The van der Waals surface area contributed by atoms with E-state index in [0.29, 0.717) is 18.6 Å². The highest BCUT2D eigenvalue weighted by molar-refractivity contribution is 5.78. The van der Waals surface area contributed by atoms with Gasteiger partial charge in [-0.25, -0.2) is 0 Å². The number of ketones is 1. The number of hydrazine groups is 1. The lowest BCUT2D eigenvalue weighted by molar-refractivity contribution is -0.119.